The molecular weight excluding hydrogens is 318 g/mol. The number of aryl methyl sites for hydroxylation is 1. The van der Waals surface area contributed by atoms with Crippen LogP contribution in [0.25, 0.3) is 0 Å². The number of hydrogen-bond donors (Lipinski definition) is 1. The monoisotopic (exact) mass is 351 g/mol. The van der Waals surface area contributed by atoms with Crippen molar-refractivity contribution in [3.63, 3.8) is 0 Å². The second-order valence-corrected chi connectivity index (χ2v) is 7.70. The number of hydrogen-bond acceptors (Lipinski definition) is 2. The van der Waals surface area contributed by atoms with Crippen molar-refractivity contribution in [2.24, 2.45) is 17.6 Å². The predicted octanol–water partition coefficient (Wildman–Crippen LogP) is 5.74. The number of rotatable bonds is 9. The molecule has 140 valence electrons. The standard InChI is InChI=1S/C24H33NO/c25-18-23(22-11-5-2-6-12-22)13-7-10-20-14-16-24(17-15-20)26-19-21-8-3-1-4-9-21/h1,3-4,8-9,14-17,22-23H,2,5-7,10-13,18-19,25H2. The Morgan fingerprint density at radius 3 is 2.31 bits per heavy atom. The van der Waals surface area contributed by atoms with Gasteiger partial charge in [-0.1, -0.05) is 74.6 Å². The van der Waals surface area contributed by atoms with E-state index in [-0.39, 0.29) is 0 Å². The van der Waals surface area contributed by atoms with Gasteiger partial charge in [-0.2, -0.15) is 0 Å². The summed E-state index contributed by atoms with van der Waals surface area (Å²) in [6, 6.07) is 18.9. The van der Waals surface area contributed by atoms with Crippen LogP contribution in [0, 0.1) is 11.8 Å². The third kappa shape index (κ3) is 5.88. The summed E-state index contributed by atoms with van der Waals surface area (Å²) < 4.78 is 5.87. The fourth-order valence-electron chi connectivity index (χ4n) is 4.21. The van der Waals surface area contributed by atoms with Gasteiger partial charge in [0.25, 0.3) is 0 Å². The third-order valence-electron chi connectivity index (χ3n) is 5.83. The molecule has 3 rings (SSSR count). The van der Waals surface area contributed by atoms with Gasteiger partial charge in [0.15, 0.2) is 0 Å². The van der Waals surface area contributed by atoms with E-state index in [1.165, 1.54) is 56.1 Å². The molecule has 2 heteroatoms. The van der Waals surface area contributed by atoms with Crippen molar-refractivity contribution in [3.8, 4) is 5.75 Å². The minimum absolute atomic E-state index is 0.625. The molecule has 2 aromatic rings. The van der Waals surface area contributed by atoms with E-state index in [1.54, 1.807) is 0 Å². The minimum Gasteiger partial charge on any atom is -0.489 e. The third-order valence-corrected chi connectivity index (χ3v) is 5.83. The Morgan fingerprint density at radius 1 is 0.885 bits per heavy atom. The van der Waals surface area contributed by atoms with Crippen LogP contribution in [-0.2, 0) is 13.0 Å². The van der Waals surface area contributed by atoms with Crippen LogP contribution in [0.3, 0.4) is 0 Å². The summed E-state index contributed by atoms with van der Waals surface area (Å²) in [6.07, 6.45) is 10.7. The maximum absolute atomic E-state index is 6.07. The molecule has 0 aliphatic heterocycles. The molecule has 2 N–H and O–H groups in total. The Morgan fingerprint density at radius 2 is 1.62 bits per heavy atom. The molecule has 0 heterocycles. The van der Waals surface area contributed by atoms with E-state index in [0.29, 0.717) is 6.61 Å². The SMILES string of the molecule is NCC(CCCc1ccc(OCc2ccccc2)cc1)C1CCCCC1. The maximum Gasteiger partial charge on any atom is 0.119 e. The first kappa shape index (κ1) is 19.0. The summed E-state index contributed by atoms with van der Waals surface area (Å²) in [4.78, 5) is 0. The van der Waals surface area contributed by atoms with E-state index in [4.69, 9.17) is 10.5 Å². The van der Waals surface area contributed by atoms with Gasteiger partial charge in [0.1, 0.15) is 12.4 Å². The highest BCUT2D eigenvalue weighted by Crippen LogP contribution is 2.32. The number of benzene rings is 2. The Bertz CT molecular complexity index is 616. The highest BCUT2D eigenvalue weighted by Gasteiger charge is 2.21. The minimum atomic E-state index is 0.625. The van der Waals surface area contributed by atoms with E-state index < -0.39 is 0 Å². The van der Waals surface area contributed by atoms with E-state index in [2.05, 4.69) is 36.4 Å². The van der Waals surface area contributed by atoms with E-state index in [1.807, 2.05) is 18.2 Å². The van der Waals surface area contributed by atoms with Gasteiger partial charge >= 0.3 is 0 Å². The predicted molar refractivity (Wildman–Crippen MR) is 109 cm³/mol. The maximum atomic E-state index is 6.07. The molecule has 1 saturated carbocycles. The normalized spacial score (nSPS) is 16.3. The van der Waals surface area contributed by atoms with Crippen LogP contribution in [-0.4, -0.2) is 6.54 Å². The molecule has 26 heavy (non-hydrogen) atoms. The molecule has 0 aromatic heterocycles. The van der Waals surface area contributed by atoms with E-state index >= 15 is 0 Å². The van der Waals surface area contributed by atoms with Gasteiger partial charge in [-0.3, -0.25) is 0 Å². The van der Waals surface area contributed by atoms with Crippen LogP contribution in [0.4, 0.5) is 0 Å². The van der Waals surface area contributed by atoms with Crippen molar-refractivity contribution in [3.05, 3.63) is 65.7 Å². The van der Waals surface area contributed by atoms with E-state index in [0.717, 1.165) is 30.6 Å². The Kier molecular flexibility index (Phi) is 7.57. The topological polar surface area (TPSA) is 35.2 Å². The summed E-state index contributed by atoms with van der Waals surface area (Å²) in [7, 11) is 0. The fraction of sp³-hybridized carbons (Fsp3) is 0.500. The summed E-state index contributed by atoms with van der Waals surface area (Å²) in [5, 5.41) is 0. The molecule has 1 aliphatic carbocycles. The van der Waals surface area contributed by atoms with Gasteiger partial charge in [0, 0.05) is 0 Å². The molecule has 2 nitrogen and oxygen atoms in total. The van der Waals surface area contributed by atoms with E-state index in [9.17, 15) is 0 Å². The van der Waals surface area contributed by atoms with Gasteiger partial charge in [0.2, 0.25) is 0 Å². The molecule has 0 spiro atoms. The first-order valence-corrected chi connectivity index (χ1v) is 10.3. The molecule has 1 aliphatic rings. The highest BCUT2D eigenvalue weighted by molar-refractivity contribution is 5.27. The summed E-state index contributed by atoms with van der Waals surface area (Å²) >= 11 is 0. The molecule has 2 aromatic carbocycles. The van der Waals surface area contributed by atoms with Crippen molar-refractivity contribution < 1.29 is 4.74 Å². The molecule has 1 unspecified atom stereocenters. The molecule has 1 fully saturated rings. The van der Waals surface area contributed by atoms with Gasteiger partial charge in [-0.25, -0.2) is 0 Å². The van der Waals surface area contributed by atoms with Crippen LogP contribution in [0.1, 0.15) is 56.1 Å². The number of nitrogens with two attached hydrogens (primary N) is 1. The van der Waals surface area contributed by atoms with Crippen LogP contribution in [0.2, 0.25) is 0 Å². The van der Waals surface area contributed by atoms with Crippen LogP contribution >= 0.6 is 0 Å². The molecule has 0 bridgehead atoms. The van der Waals surface area contributed by atoms with Crippen molar-refractivity contribution in [1.82, 2.24) is 0 Å². The fourth-order valence-corrected chi connectivity index (χ4v) is 4.21. The van der Waals surface area contributed by atoms with Crippen molar-refractivity contribution in [1.29, 1.82) is 0 Å². The lowest BCUT2D eigenvalue weighted by Gasteiger charge is -2.29. The van der Waals surface area contributed by atoms with Crippen molar-refractivity contribution >= 4 is 0 Å². The quantitative estimate of drug-likeness (QED) is 0.625. The lowest BCUT2D eigenvalue weighted by Crippen LogP contribution is -2.25. The Labute approximate surface area is 158 Å². The van der Waals surface area contributed by atoms with Gasteiger partial charge in [0.05, 0.1) is 0 Å². The second-order valence-electron chi connectivity index (χ2n) is 7.70. The Hall–Kier alpha value is -1.80. The molecule has 0 radical (unpaired) electrons. The second kappa shape index (κ2) is 10.4. The summed E-state index contributed by atoms with van der Waals surface area (Å²) in [6.45, 7) is 1.48. The lowest BCUT2D eigenvalue weighted by atomic mass is 9.78. The zero-order valence-corrected chi connectivity index (χ0v) is 15.9. The zero-order valence-electron chi connectivity index (χ0n) is 15.9. The van der Waals surface area contributed by atoms with Crippen molar-refractivity contribution in [2.45, 2.75) is 58.0 Å². The first-order valence-electron chi connectivity index (χ1n) is 10.3. The summed E-state index contributed by atoms with van der Waals surface area (Å²) in [5.41, 5.74) is 8.67. The average Bonchev–Trinajstić information content (AvgIpc) is 2.72. The zero-order chi connectivity index (χ0) is 18.0. The van der Waals surface area contributed by atoms with Gasteiger partial charge < -0.3 is 10.5 Å². The van der Waals surface area contributed by atoms with Crippen LogP contribution in [0.15, 0.2) is 54.6 Å². The van der Waals surface area contributed by atoms with Crippen LogP contribution < -0.4 is 10.5 Å². The summed E-state index contributed by atoms with van der Waals surface area (Å²) in [5.74, 6) is 2.55. The molecular formula is C24H33NO. The van der Waals surface area contributed by atoms with Crippen LogP contribution in [0.5, 0.6) is 5.75 Å². The molecule has 1 atom stereocenters. The highest BCUT2D eigenvalue weighted by atomic mass is 16.5. The Balaban J connectivity index is 1.41. The average molecular weight is 352 g/mol. The first-order chi connectivity index (χ1) is 12.8. The smallest absolute Gasteiger partial charge is 0.119 e. The molecule has 0 amide bonds. The van der Waals surface area contributed by atoms with Crippen molar-refractivity contribution in [2.75, 3.05) is 6.54 Å². The largest absolute Gasteiger partial charge is 0.489 e. The van der Waals surface area contributed by atoms with Gasteiger partial charge in [-0.05, 0) is 60.9 Å². The molecule has 0 saturated heterocycles. The lowest BCUT2D eigenvalue weighted by molar-refractivity contribution is 0.238. The number of ether oxygens (including phenoxy) is 1. The van der Waals surface area contributed by atoms with Gasteiger partial charge in [-0.15, -0.1) is 0 Å².